The van der Waals surface area contributed by atoms with Gasteiger partial charge in [-0.05, 0) is 18.6 Å². The van der Waals surface area contributed by atoms with Crippen molar-refractivity contribution in [1.82, 2.24) is 0 Å². The molecule has 3 heteroatoms. The van der Waals surface area contributed by atoms with Crippen LogP contribution in [-0.4, -0.2) is 11.7 Å². The van der Waals surface area contributed by atoms with E-state index < -0.39 is 6.10 Å². The van der Waals surface area contributed by atoms with Gasteiger partial charge in [0.2, 0.25) is 0 Å². The van der Waals surface area contributed by atoms with Crippen molar-refractivity contribution in [3.8, 4) is 5.75 Å². The van der Waals surface area contributed by atoms with Crippen LogP contribution in [0.25, 0.3) is 0 Å². The smallest absolute Gasteiger partial charge is 0.143 e. The number of benzene rings is 1. The summed E-state index contributed by atoms with van der Waals surface area (Å²) in [6.07, 6.45) is 0.219. The molecule has 0 spiro atoms. The summed E-state index contributed by atoms with van der Waals surface area (Å²) in [6, 6.07) is 3.70. The number of fused-ring (bicyclic) bond motifs is 1. The molecule has 0 bridgehead atoms. The van der Waals surface area contributed by atoms with Crippen molar-refractivity contribution in [2.75, 3.05) is 6.61 Å². The number of aliphatic hydroxyl groups excluding tert-OH is 1. The van der Waals surface area contributed by atoms with E-state index in [1.54, 1.807) is 6.07 Å². The Bertz CT molecular complexity index is 336. The van der Waals surface area contributed by atoms with Crippen LogP contribution < -0.4 is 4.74 Å². The van der Waals surface area contributed by atoms with E-state index in [0.29, 0.717) is 23.8 Å². The summed E-state index contributed by atoms with van der Waals surface area (Å²) in [5.74, 6) is 0.653. The summed E-state index contributed by atoms with van der Waals surface area (Å²) >= 11 is 5.94. The topological polar surface area (TPSA) is 29.5 Å². The molecule has 1 aliphatic heterocycles. The minimum Gasteiger partial charge on any atom is -0.492 e. The van der Waals surface area contributed by atoms with Crippen LogP contribution in [0.15, 0.2) is 12.1 Å². The lowest BCUT2D eigenvalue weighted by Gasteiger charge is -2.24. The largest absolute Gasteiger partial charge is 0.492 e. The molecule has 0 fully saturated rings. The molecular formula is C10H11ClO2. The fraction of sp³-hybridized carbons (Fsp3) is 0.400. The highest BCUT2D eigenvalue weighted by Crippen LogP contribution is 2.39. The summed E-state index contributed by atoms with van der Waals surface area (Å²) in [4.78, 5) is 0. The average molecular weight is 199 g/mol. The lowest BCUT2D eigenvalue weighted by molar-refractivity contribution is 0.114. The third kappa shape index (κ3) is 1.40. The molecule has 0 saturated heterocycles. The SMILES string of the molecule is Cc1ccc(Cl)c2c1C(O)CCO2. The van der Waals surface area contributed by atoms with E-state index in [1.807, 2.05) is 13.0 Å². The molecular weight excluding hydrogens is 188 g/mol. The zero-order chi connectivity index (χ0) is 9.42. The third-order valence-electron chi connectivity index (χ3n) is 2.34. The number of rotatable bonds is 0. The van der Waals surface area contributed by atoms with Gasteiger partial charge in [0, 0.05) is 12.0 Å². The second kappa shape index (κ2) is 3.20. The van der Waals surface area contributed by atoms with Gasteiger partial charge >= 0.3 is 0 Å². The Morgan fingerprint density at radius 3 is 3.00 bits per heavy atom. The quantitative estimate of drug-likeness (QED) is 0.694. The van der Waals surface area contributed by atoms with Gasteiger partial charge in [-0.2, -0.15) is 0 Å². The molecule has 1 aliphatic rings. The fourth-order valence-corrected chi connectivity index (χ4v) is 1.87. The maximum atomic E-state index is 9.73. The van der Waals surface area contributed by atoms with Crippen molar-refractivity contribution in [2.24, 2.45) is 0 Å². The van der Waals surface area contributed by atoms with E-state index in [0.717, 1.165) is 11.1 Å². The first kappa shape index (κ1) is 8.85. The molecule has 0 aromatic heterocycles. The molecule has 0 amide bonds. The van der Waals surface area contributed by atoms with Crippen molar-refractivity contribution >= 4 is 11.6 Å². The van der Waals surface area contributed by atoms with Gasteiger partial charge in [0.05, 0.1) is 17.7 Å². The molecule has 70 valence electrons. The van der Waals surface area contributed by atoms with Crippen molar-refractivity contribution in [3.63, 3.8) is 0 Å². The van der Waals surface area contributed by atoms with Gasteiger partial charge in [-0.3, -0.25) is 0 Å². The van der Waals surface area contributed by atoms with Crippen LogP contribution in [0.4, 0.5) is 0 Å². The number of ether oxygens (including phenoxy) is 1. The van der Waals surface area contributed by atoms with Crippen molar-refractivity contribution in [2.45, 2.75) is 19.4 Å². The van der Waals surface area contributed by atoms with E-state index in [-0.39, 0.29) is 0 Å². The predicted octanol–water partition coefficient (Wildman–Crippen LogP) is 2.46. The van der Waals surface area contributed by atoms with Gasteiger partial charge < -0.3 is 9.84 Å². The van der Waals surface area contributed by atoms with Crippen LogP contribution in [0.1, 0.15) is 23.7 Å². The minimum atomic E-state index is -0.428. The first-order valence-electron chi connectivity index (χ1n) is 4.30. The van der Waals surface area contributed by atoms with Crippen molar-refractivity contribution in [3.05, 3.63) is 28.3 Å². The molecule has 1 atom stereocenters. The van der Waals surface area contributed by atoms with Crippen LogP contribution in [0.5, 0.6) is 5.75 Å². The van der Waals surface area contributed by atoms with Crippen LogP contribution in [0.2, 0.25) is 5.02 Å². The lowest BCUT2D eigenvalue weighted by atomic mass is 9.98. The number of aryl methyl sites for hydroxylation is 1. The number of hydrogen-bond acceptors (Lipinski definition) is 2. The first-order chi connectivity index (χ1) is 6.20. The van der Waals surface area contributed by atoms with E-state index in [9.17, 15) is 5.11 Å². The Balaban J connectivity index is 2.60. The normalized spacial score (nSPS) is 20.7. The van der Waals surface area contributed by atoms with Gasteiger partial charge in [-0.15, -0.1) is 0 Å². The highest BCUT2D eigenvalue weighted by molar-refractivity contribution is 6.32. The molecule has 0 radical (unpaired) electrons. The van der Waals surface area contributed by atoms with Gasteiger partial charge in [0.25, 0.3) is 0 Å². The van der Waals surface area contributed by atoms with Crippen LogP contribution >= 0.6 is 11.6 Å². The highest BCUT2D eigenvalue weighted by Gasteiger charge is 2.23. The molecule has 1 N–H and O–H groups in total. The summed E-state index contributed by atoms with van der Waals surface area (Å²) in [5.41, 5.74) is 1.88. The van der Waals surface area contributed by atoms with E-state index in [1.165, 1.54) is 0 Å². The predicted molar refractivity (Wildman–Crippen MR) is 51.3 cm³/mol. The molecule has 0 aliphatic carbocycles. The monoisotopic (exact) mass is 198 g/mol. The molecule has 13 heavy (non-hydrogen) atoms. The minimum absolute atomic E-state index is 0.428. The third-order valence-corrected chi connectivity index (χ3v) is 2.63. The van der Waals surface area contributed by atoms with Gasteiger partial charge in [0.15, 0.2) is 0 Å². The molecule has 1 aromatic rings. The van der Waals surface area contributed by atoms with Crippen LogP contribution in [0, 0.1) is 6.92 Å². The summed E-state index contributed by atoms with van der Waals surface area (Å²) in [6.45, 7) is 2.49. The van der Waals surface area contributed by atoms with Gasteiger partial charge in [0.1, 0.15) is 5.75 Å². The highest BCUT2D eigenvalue weighted by atomic mass is 35.5. The molecule has 1 unspecified atom stereocenters. The second-order valence-electron chi connectivity index (χ2n) is 3.26. The number of aliphatic hydroxyl groups is 1. The zero-order valence-corrected chi connectivity index (χ0v) is 8.14. The maximum absolute atomic E-state index is 9.73. The van der Waals surface area contributed by atoms with Crippen LogP contribution in [0.3, 0.4) is 0 Å². The zero-order valence-electron chi connectivity index (χ0n) is 7.38. The van der Waals surface area contributed by atoms with Crippen molar-refractivity contribution < 1.29 is 9.84 Å². The summed E-state index contributed by atoms with van der Waals surface area (Å²) in [7, 11) is 0. The molecule has 0 saturated carbocycles. The maximum Gasteiger partial charge on any atom is 0.143 e. The molecule has 2 rings (SSSR count). The molecule has 2 nitrogen and oxygen atoms in total. The van der Waals surface area contributed by atoms with Crippen LogP contribution in [-0.2, 0) is 0 Å². The Morgan fingerprint density at radius 2 is 2.31 bits per heavy atom. The summed E-state index contributed by atoms with van der Waals surface area (Å²) < 4.78 is 5.41. The number of halogens is 1. The molecule has 1 heterocycles. The van der Waals surface area contributed by atoms with E-state index >= 15 is 0 Å². The molecule has 1 aromatic carbocycles. The number of hydrogen-bond donors (Lipinski definition) is 1. The standard InChI is InChI=1S/C10H11ClO2/c1-6-2-3-7(11)10-9(6)8(12)4-5-13-10/h2-3,8,12H,4-5H2,1H3. The van der Waals surface area contributed by atoms with Gasteiger partial charge in [-0.1, -0.05) is 17.7 Å². The Hall–Kier alpha value is -0.730. The Morgan fingerprint density at radius 1 is 1.54 bits per heavy atom. The second-order valence-corrected chi connectivity index (χ2v) is 3.67. The summed E-state index contributed by atoms with van der Waals surface area (Å²) in [5, 5.41) is 10.3. The van der Waals surface area contributed by atoms with E-state index in [4.69, 9.17) is 16.3 Å². The van der Waals surface area contributed by atoms with Crippen molar-refractivity contribution in [1.29, 1.82) is 0 Å². The lowest BCUT2D eigenvalue weighted by Crippen LogP contribution is -2.15. The van der Waals surface area contributed by atoms with E-state index in [2.05, 4.69) is 0 Å². The Kier molecular flexibility index (Phi) is 2.18. The van der Waals surface area contributed by atoms with Gasteiger partial charge in [-0.25, -0.2) is 0 Å². The average Bonchev–Trinajstić information content (AvgIpc) is 2.12. The fourth-order valence-electron chi connectivity index (χ4n) is 1.65. The first-order valence-corrected chi connectivity index (χ1v) is 4.68. The Labute approximate surface area is 82.1 Å².